The molecule has 0 aromatic carbocycles. The molecule has 0 saturated heterocycles. The lowest BCUT2D eigenvalue weighted by Crippen LogP contribution is -2.20. The second-order valence-corrected chi connectivity index (χ2v) is 4.16. The Morgan fingerprint density at radius 1 is 1.44 bits per heavy atom. The van der Waals surface area contributed by atoms with E-state index < -0.39 is 0 Å². The summed E-state index contributed by atoms with van der Waals surface area (Å²) < 4.78 is 18.2. The molecule has 4 heteroatoms. The molecule has 0 amide bonds. The molecular formula is C12H19FN2O. The van der Waals surface area contributed by atoms with E-state index in [1.54, 1.807) is 6.20 Å². The van der Waals surface area contributed by atoms with E-state index >= 15 is 0 Å². The Kier molecular flexibility index (Phi) is 5.96. The Hall–Kier alpha value is -1.00. The van der Waals surface area contributed by atoms with Crippen molar-refractivity contribution in [3.8, 4) is 0 Å². The van der Waals surface area contributed by atoms with Gasteiger partial charge in [-0.15, -0.1) is 0 Å². The highest BCUT2D eigenvalue weighted by molar-refractivity contribution is 5.09. The SMILES string of the molecule is CC(C)COCCNCc1cncc(F)c1. The van der Waals surface area contributed by atoms with Crippen molar-refractivity contribution in [2.24, 2.45) is 5.92 Å². The van der Waals surface area contributed by atoms with Gasteiger partial charge in [0.25, 0.3) is 0 Å². The van der Waals surface area contributed by atoms with Crippen LogP contribution in [0.25, 0.3) is 0 Å². The lowest BCUT2D eigenvalue weighted by molar-refractivity contribution is 0.111. The average molecular weight is 226 g/mol. The van der Waals surface area contributed by atoms with Crippen LogP contribution in [0.4, 0.5) is 4.39 Å². The standard InChI is InChI=1S/C12H19FN2O/c1-10(2)9-16-4-3-14-6-11-5-12(13)8-15-7-11/h5,7-8,10,14H,3-4,6,9H2,1-2H3. The van der Waals surface area contributed by atoms with Crippen LogP contribution in [0.3, 0.4) is 0 Å². The van der Waals surface area contributed by atoms with Crippen LogP contribution < -0.4 is 5.32 Å². The molecule has 0 bridgehead atoms. The second-order valence-electron chi connectivity index (χ2n) is 4.16. The fourth-order valence-corrected chi connectivity index (χ4v) is 1.25. The van der Waals surface area contributed by atoms with E-state index in [1.807, 2.05) is 0 Å². The molecule has 1 heterocycles. The van der Waals surface area contributed by atoms with E-state index in [4.69, 9.17) is 4.74 Å². The first-order valence-corrected chi connectivity index (χ1v) is 5.56. The first kappa shape index (κ1) is 13.1. The van der Waals surface area contributed by atoms with Crippen molar-refractivity contribution < 1.29 is 9.13 Å². The Labute approximate surface area is 96.0 Å². The minimum Gasteiger partial charge on any atom is -0.380 e. The summed E-state index contributed by atoms with van der Waals surface area (Å²) in [5, 5.41) is 3.17. The van der Waals surface area contributed by atoms with Gasteiger partial charge in [-0.2, -0.15) is 0 Å². The van der Waals surface area contributed by atoms with Crippen molar-refractivity contribution >= 4 is 0 Å². The van der Waals surface area contributed by atoms with E-state index in [9.17, 15) is 4.39 Å². The van der Waals surface area contributed by atoms with Crippen LogP contribution in [-0.4, -0.2) is 24.7 Å². The largest absolute Gasteiger partial charge is 0.380 e. The molecule has 1 aromatic heterocycles. The predicted octanol–water partition coefficient (Wildman–Crippen LogP) is 1.98. The number of ether oxygens (including phenoxy) is 1. The molecule has 3 nitrogen and oxygen atoms in total. The molecule has 0 fully saturated rings. The smallest absolute Gasteiger partial charge is 0.141 e. The third-order valence-corrected chi connectivity index (χ3v) is 1.96. The Morgan fingerprint density at radius 2 is 2.25 bits per heavy atom. The maximum absolute atomic E-state index is 12.8. The number of halogens is 1. The number of rotatable bonds is 7. The van der Waals surface area contributed by atoms with E-state index in [1.165, 1.54) is 12.3 Å². The van der Waals surface area contributed by atoms with Gasteiger partial charge in [-0.05, 0) is 17.5 Å². The van der Waals surface area contributed by atoms with E-state index in [0.29, 0.717) is 19.1 Å². The van der Waals surface area contributed by atoms with Crippen LogP contribution in [0, 0.1) is 11.7 Å². The van der Waals surface area contributed by atoms with Gasteiger partial charge in [0, 0.05) is 25.9 Å². The zero-order valence-corrected chi connectivity index (χ0v) is 9.87. The first-order chi connectivity index (χ1) is 7.68. The van der Waals surface area contributed by atoms with Gasteiger partial charge in [-0.3, -0.25) is 4.98 Å². The lowest BCUT2D eigenvalue weighted by Gasteiger charge is -2.07. The van der Waals surface area contributed by atoms with Gasteiger partial charge in [0.2, 0.25) is 0 Å². The predicted molar refractivity (Wildman–Crippen MR) is 61.6 cm³/mol. The summed E-state index contributed by atoms with van der Waals surface area (Å²) >= 11 is 0. The number of aromatic nitrogens is 1. The zero-order chi connectivity index (χ0) is 11.8. The molecular weight excluding hydrogens is 207 g/mol. The van der Waals surface area contributed by atoms with Crippen LogP contribution in [-0.2, 0) is 11.3 Å². The van der Waals surface area contributed by atoms with Gasteiger partial charge in [-0.25, -0.2) is 4.39 Å². The summed E-state index contributed by atoms with van der Waals surface area (Å²) in [6.45, 7) is 7.08. The summed E-state index contributed by atoms with van der Waals surface area (Å²) in [6, 6.07) is 1.48. The number of hydrogen-bond acceptors (Lipinski definition) is 3. The molecule has 0 radical (unpaired) electrons. The van der Waals surface area contributed by atoms with Gasteiger partial charge in [0.15, 0.2) is 0 Å². The molecule has 90 valence electrons. The van der Waals surface area contributed by atoms with Crippen LogP contribution in [0.15, 0.2) is 18.5 Å². The van der Waals surface area contributed by atoms with Crippen molar-refractivity contribution in [3.63, 3.8) is 0 Å². The minimum absolute atomic E-state index is 0.296. The van der Waals surface area contributed by atoms with Gasteiger partial charge < -0.3 is 10.1 Å². The molecule has 0 spiro atoms. The van der Waals surface area contributed by atoms with E-state index in [-0.39, 0.29) is 5.82 Å². The molecule has 0 unspecified atom stereocenters. The average Bonchev–Trinajstić information content (AvgIpc) is 2.23. The van der Waals surface area contributed by atoms with Crippen LogP contribution in [0.5, 0.6) is 0 Å². The number of nitrogens with one attached hydrogen (secondary N) is 1. The number of hydrogen-bond donors (Lipinski definition) is 1. The first-order valence-electron chi connectivity index (χ1n) is 5.56. The lowest BCUT2D eigenvalue weighted by atomic mass is 10.2. The fourth-order valence-electron chi connectivity index (χ4n) is 1.25. The number of pyridine rings is 1. The molecule has 0 saturated carbocycles. The van der Waals surface area contributed by atoms with E-state index in [2.05, 4.69) is 24.1 Å². The van der Waals surface area contributed by atoms with Gasteiger partial charge in [0.05, 0.1) is 12.8 Å². The second kappa shape index (κ2) is 7.30. The topological polar surface area (TPSA) is 34.1 Å². The Morgan fingerprint density at radius 3 is 2.94 bits per heavy atom. The van der Waals surface area contributed by atoms with Crippen molar-refractivity contribution in [2.45, 2.75) is 20.4 Å². The maximum Gasteiger partial charge on any atom is 0.141 e. The number of nitrogens with zero attached hydrogens (tertiary/aromatic N) is 1. The van der Waals surface area contributed by atoms with Gasteiger partial charge in [0.1, 0.15) is 5.82 Å². The van der Waals surface area contributed by atoms with Gasteiger partial charge >= 0.3 is 0 Å². The summed E-state index contributed by atoms with van der Waals surface area (Å²) in [6.07, 6.45) is 2.86. The molecule has 1 rings (SSSR count). The zero-order valence-electron chi connectivity index (χ0n) is 9.87. The molecule has 0 aliphatic carbocycles. The summed E-state index contributed by atoms with van der Waals surface area (Å²) in [4.78, 5) is 3.78. The minimum atomic E-state index is -0.296. The summed E-state index contributed by atoms with van der Waals surface area (Å²) in [7, 11) is 0. The highest BCUT2D eigenvalue weighted by Crippen LogP contribution is 1.99. The van der Waals surface area contributed by atoms with Crippen molar-refractivity contribution in [3.05, 3.63) is 29.8 Å². The fraction of sp³-hybridized carbons (Fsp3) is 0.583. The highest BCUT2D eigenvalue weighted by Gasteiger charge is 1.96. The van der Waals surface area contributed by atoms with Crippen LogP contribution in [0.1, 0.15) is 19.4 Å². The molecule has 0 aliphatic heterocycles. The van der Waals surface area contributed by atoms with Gasteiger partial charge in [-0.1, -0.05) is 13.8 Å². The third kappa shape index (κ3) is 5.78. The third-order valence-electron chi connectivity index (χ3n) is 1.96. The van der Waals surface area contributed by atoms with Crippen molar-refractivity contribution in [2.75, 3.05) is 19.8 Å². The molecule has 1 N–H and O–H groups in total. The quantitative estimate of drug-likeness (QED) is 0.722. The molecule has 1 aromatic rings. The molecule has 16 heavy (non-hydrogen) atoms. The van der Waals surface area contributed by atoms with E-state index in [0.717, 1.165) is 18.7 Å². The summed E-state index contributed by atoms with van der Waals surface area (Å²) in [5.41, 5.74) is 0.851. The van der Waals surface area contributed by atoms with Crippen LogP contribution in [0.2, 0.25) is 0 Å². The normalized spacial score (nSPS) is 11.0. The molecule has 0 aliphatic rings. The van der Waals surface area contributed by atoms with Crippen molar-refractivity contribution in [1.29, 1.82) is 0 Å². The van der Waals surface area contributed by atoms with Crippen molar-refractivity contribution in [1.82, 2.24) is 10.3 Å². The molecule has 0 atom stereocenters. The Bertz CT molecular complexity index is 305. The highest BCUT2D eigenvalue weighted by atomic mass is 19.1. The maximum atomic E-state index is 12.8. The Balaban J connectivity index is 2.07. The van der Waals surface area contributed by atoms with Crippen LogP contribution >= 0.6 is 0 Å². The summed E-state index contributed by atoms with van der Waals surface area (Å²) in [5.74, 6) is 0.266. The monoisotopic (exact) mass is 226 g/mol.